The third-order valence-electron chi connectivity index (χ3n) is 4.63. The Morgan fingerprint density at radius 2 is 1.93 bits per heavy atom. The molecule has 2 aromatic heterocycles. The lowest BCUT2D eigenvalue weighted by Gasteiger charge is -2.25. The maximum absolute atomic E-state index is 12.5. The monoisotopic (exact) mass is 368 g/mol. The Hall–Kier alpha value is -2.83. The van der Waals surface area contributed by atoms with Gasteiger partial charge in [-0.1, -0.05) is 20.8 Å². The van der Waals surface area contributed by atoms with E-state index in [0.29, 0.717) is 30.2 Å². The van der Waals surface area contributed by atoms with Crippen LogP contribution in [0.2, 0.25) is 0 Å². The van der Waals surface area contributed by atoms with Gasteiger partial charge in [0.05, 0.1) is 11.3 Å². The van der Waals surface area contributed by atoms with Gasteiger partial charge in [-0.2, -0.15) is 0 Å². The molecule has 1 aliphatic rings. The fourth-order valence-corrected chi connectivity index (χ4v) is 3.25. The van der Waals surface area contributed by atoms with Crippen LogP contribution >= 0.6 is 0 Å². The van der Waals surface area contributed by atoms with Crippen LogP contribution in [0.25, 0.3) is 11.3 Å². The molecule has 7 nitrogen and oxygen atoms in total. The number of carbonyl (C=O) groups is 2. The average molecular weight is 368 g/mol. The van der Waals surface area contributed by atoms with Crippen molar-refractivity contribution in [3.63, 3.8) is 0 Å². The van der Waals surface area contributed by atoms with Crippen LogP contribution in [0.5, 0.6) is 0 Å². The summed E-state index contributed by atoms with van der Waals surface area (Å²) in [4.78, 5) is 38.8. The van der Waals surface area contributed by atoms with E-state index in [1.54, 1.807) is 12.3 Å². The number of hydrogen-bond donors (Lipinski definition) is 1. The summed E-state index contributed by atoms with van der Waals surface area (Å²) in [5.41, 5.74) is 1.80. The number of aromatic nitrogens is 3. The van der Waals surface area contributed by atoms with E-state index >= 15 is 0 Å². The molecular weight excluding hydrogens is 344 g/mol. The third kappa shape index (κ3) is 4.13. The summed E-state index contributed by atoms with van der Waals surface area (Å²) in [5.74, 6) is -0.126. The summed E-state index contributed by atoms with van der Waals surface area (Å²) >= 11 is 0. The standard InChI is InChI=1S/C20H24N4O3/c1-12-7-16(14-8-15(18(25)26)10-21-9-14)23-17(22-12)13-5-6-24(11-13)19(27)20(2,3)4/h7-10,13H,5-6,11H2,1-4H3,(H,25,26). The van der Waals surface area contributed by atoms with Gasteiger partial charge in [0, 0.05) is 48.1 Å². The van der Waals surface area contributed by atoms with Crippen molar-refractivity contribution in [2.75, 3.05) is 13.1 Å². The molecule has 1 N–H and O–H groups in total. The van der Waals surface area contributed by atoms with Crippen molar-refractivity contribution < 1.29 is 14.7 Å². The van der Waals surface area contributed by atoms with Gasteiger partial charge in [-0.05, 0) is 25.5 Å². The van der Waals surface area contributed by atoms with Crippen LogP contribution in [0.15, 0.2) is 24.5 Å². The SMILES string of the molecule is Cc1cc(-c2cncc(C(=O)O)c2)nc(C2CCN(C(=O)C(C)(C)C)C2)n1. The maximum atomic E-state index is 12.5. The van der Waals surface area contributed by atoms with Gasteiger partial charge in [-0.25, -0.2) is 14.8 Å². The molecular formula is C20H24N4O3. The zero-order valence-electron chi connectivity index (χ0n) is 16.1. The van der Waals surface area contributed by atoms with E-state index < -0.39 is 11.4 Å². The van der Waals surface area contributed by atoms with Gasteiger partial charge in [-0.15, -0.1) is 0 Å². The first kappa shape index (κ1) is 18.9. The Morgan fingerprint density at radius 3 is 2.59 bits per heavy atom. The Morgan fingerprint density at radius 1 is 1.19 bits per heavy atom. The first-order valence-corrected chi connectivity index (χ1v) is 8.99. The number of amides is 1. The highest BCUT2D eigenvalue weighted by Crippen LogP contribution is 2.30. The number of carboxylic acid groups (broad SMARTS) is 1. The molecule has 1 fully saturated rings. The van der Waals surface area contributed by atoms with Crippen molar-refractivity contribution in [1.29, 1.82) is 0 Å². The molecule has 2 aromatic rings. The summed E-state index contributed by atoms with van der Waals surface area (Å²) < 4.78 is 0. The quantitative estimate of drug-likeness (QED) is 0.895. The van der Waals surface area contributed by atoms with Crippen LogP contribution < -0.4 is 0 Å². The smallest absolute Gasteiger partial charge is 0.337 e. The van der Waals surface area contributed by atoms with E-state index in [0.717, 1.165) is 12.1 Å². The molecule has 3 rings (SSSR count). The van der Waals surface area contributed by atoms with Crippen LogP contribution in [-0.2, 0) is 4.79 Å². The zero-order valence-corrected chi connectivity index (χ0v) is 16.1. The minimum absolute atomic E-state index is 0.0746. The number of likely N-dealkylation sites (tertiary alicyclic amines) is 1. The number of hydrogen-bond acceptors (Lipinski definition) is 5. The van der Waals surface area contributed by atoms with Crippen molar-refractivity contribution >= 4 is 11.9 Å². The number of aryl methyl sites for hydroxylation is 1. The van der Waals surface area contributed by atoms with Gasteiger partial charge in [-0.3, -0.25) is 9.78 Å². The summed E-state index contributed by atoms with van der Waals surface area (Å²) in [6, 6.07) is 3.38. The fraction of sp³-hybridized carbons (Fsp3) is 0.450. The van der Waals surface area contributed by atoms with Gasteiger partial charge in [0.2, 0.25) is 5.91 Å². The molecule has 0 aliphatic carbocycles. The highest BCUT2D eigenvalue weighted by atomic mass is 16.4. The maximum Gasteiger partial charge on any atom is 0.337 e. The highest BCUT2D eigenvalue weighted by molar-refractivity contribution is 5.88. The summed E-state index contributed by atoms with van der Waals surface area (Å²) in [6.07, 6.45) is 3.73. The number of pyridine rings is 1. The minimum atomic E-state index is -1.03. The van der Waals surface area contributed by atoms with E-state index in [4.69, 9.17) is 0 Å². The molecule has 1 saturated heterocycles. The highest BCUT2D eigenvalue weighted by Gasteiger charge is 2.34. The minimum Gasteiger partial charge on any atom is -0.478 e. The largest absolute Gasteiger partial charge is 0.478 e. The van der Waals surface area contributed by atoms with Gasteiger partial charge in [0.1, 0.15) is 5.82 Å². The van der Waals surface area contributed by atoms with Gasteiger partial charge in [0.15, 0.2) is 0 Å². The third-order valence-corrected chi connectivity index (χ3v) is 4.63. The van der Waals surface area contributed by atoms with Crippen molar-refractivity contribution in [3.05, 3.63) is 41.6 Å². The first-order valence-electron chi connectivity index (χ1n) is 8.99. The van der Waals surface area contributed by atoms with Crippen LogP contribution in [0, 0.1) is 12.3 Å². The molecule has 0 bridgehead atoms. The van der Waals surface area contributed by atoms with Crippen molar-refractivity contribution in [3.8, 4) is 11.3 Å². The predicted octanol–water partition coefficient (Wildman–Crippen LogP) is 2.91. The topological polar surface area (TPSA) is 96.3 Å². The molecule has 0 aromatic carbocycles. The van der Waals surface area contributed by atoms with Crippen LogP contribution in [0.4, 0.5) is 0 Å². The molecule has 27 heavy (non-hydrogen) atoms. The van der Waals surface area contributed by atoms with E-state index in [2.05, 4.69) is 15.0 Å². The van der Waals surface area contributed by atoms with Crippen molar-refractivity contribution in [2.45, 2.75) is 40.0 Å². The molecule has 1 unspecified atom stereocenters. The molecule has 142 valence electrons. The van der Waals surface area contributed by atoms with Crippen LogP contribution in [0.1, 0.15) is 55.0 Å². The Bertz CT molecular complexity index is 889. The van der Waals surface area contributed by atoms with E-state index in [-0.39, 0.29) is 17.4 Å². The summed E-state index contributed by atoms with van der Waals surface area (Å²) in [5, 5.41) is 9.17. The Labute approximate surface area is 158 Å². The number of aromatic carboxylic acids is 1. The molecule has 3 heterocycles. The lowest BCUT2D eigenvalue weighted by atomic mass is 9.95. The van der Waals surface area contributed by atoms with Crippen LogP contribution in [-0.4, -0.2) is 49.9 Å². The Kier molecular flexibility index (Phi) is 4.95. The predicted molar refractivity (Wildman–Crippen MR) is 100 cm³/mol. The van der Waals surface area contributed by atoms with E-state index in [9.17, 15) is 14.7 Å². The van der Waals surface area contributed by atoms with Crippen molar-refractivity contribution in [2.24, 2.45) is 5.41 Å². The lowest BCUT2D eigenvalue weighted by Crippen LogP contribution is -2.37. The molecule has 1 aliphatic heterocycles. The second-order valence-corrected chi connectivity index (χ2v) is 8.01. The number of rotatable bonds is 3. The number of carbonyl (C=O) groups excluding carboxylic acids is 1. The summed E-state index contributed by atoms with van der Waals surface area (Å²) in [6.45, 7) is 8.96. The average Bonchev–Trinajstić information content (AvgIpc) is 3.09. The molecule has 0 saturated carbocycles. The number of carboxylic acids is 1. The first-order chi connectivity index (χ1) is 12.6. The van der Waals surface area contributed by atoms with Crippen LogP contribution in [0.3, 0.4) is 0 Å². The second kappa shape index (κ2) is 7.06. The zero-order chi connectivity index (χ0) is 19.8. The van der Waals surface area contributed by atoms with Crippen molar-refractivity contribution in [1.82, 2.24) is 19.9 Å². The van der Waals surface area contributed by atoms with Gasteiger partial charge in [0.25, 0.3) is 0 Å². The summed E-state index contributed by atoms with van der Waals surface area (Å²) in [7, 11) is 0. The van der Waals surface area contributed by atoms with Gasteiger partial charge < -0.3 is 10.0 Å². The molecule has 1 atom stereocenters. The fourth-order valence-electron chi connectivity index (χ4n) is 3.25. The lowest BCUT2D eigenvalue weighted by molar-refractivity contribution is -0.138. The number of nitrogens with zero attached hydrogens (tertiary/aromatic N) is 4. The second-order valence-electron chi connectivity index (χ2n) is 8.01. The van der Waals surface area contributed by atoms with Gasteiger partial charge >= 0.3 is 5.97 Å². The molecule has 1 amide bonds. The van der Waals surface area contributed by atoms with E-state index in [1.807, 2.05) is 38.7 Å². The molecule has 0 radical (unpaired) electrons. The van der Waals surface area contributed by atoms with E-state index in [1.165, 1.54) is 6.20 Å². The molecule has 7 heteroatoms. The Balaban J connectivity index is 1.88. The normalized spacial score (nSPS) is 17.2. The molecule has 0 spiro atoms.